The Morgan fingerprint density at radius 1 is 0.256 bits per heavy atom. The van der Waals surface area contributed by atoms with Gasteiger partial charge in [-0.05, 0) is 0 Å². The summed E-state index contributed by atoms with van der Waals surface area (Å²) in [5.41, 5.74) is 0. The number of hydrogen-bond donors (Lipinski definition) is 0. The lowest BCUT2D eigenvalue weighted by molar-refractivity contribution is 0.408. The zero-order valence-corrected chi connectivity index (χ0v) is 32.8. The van der Waals surface area contributed by atoms with Crippen LogP contribution in [0.5, 0.6) is 0 Å². The summed E-state index contributed by atoms with van der Waals surface area (Å²) < 4.78 is 0. The van der Waals surface area contributed by atoms with Crippen molar-refractivity contribution in [2.24, 2.45) is 17.8 Å². The van der Waals surface area contributed by atoms with E-state index in [9.17, 15) is 0 Å². The molecule has 0 radical (unpaired) electrons. The van der Waals surface area contributed by atoms with Gasteiger partial charge in [0, 0.05) is 0 Å². The second-order valence-electron chi connectivity index (χ2n) is 15.3. The molecule has 1 heteroatoms. The fraction of sp³-hybridized carbons (Fsp3) is 1.00. The van der Waals surface area contributed by atoms with Gasteiger partial charge in [0.15, 0.2) is 0 Å². The Hall–Kier alpha value is 0.532. The summed E-state index contributed by atoms with van der Waals surface area (Å²) in [6.07, 6.45) is 44.4. The van der Waals surface area contributed by atoms with Crippen LogP contribution in [-0.2, 0) is 0 Å². The van der Waals surface area contributed by atoms with E-state index in [1.165, 1.54) is 154 Å². The van der Waals surface area contributed by atoms with Gasteiger partial charge in [-0.3, -0.25) is 0 Å². The van der Waals surface area contributed by atoms with Gasteiger partial charge in [0.2, 0.25) is 0 Å². The summed E-state index contributed by atoms with van der Waals surface area (Å²) in [6.45, 7) is 14.3. The first-order valence-corrected chi connectivity index (χ1v) is 23.6. The minimum absolute atomic E-state index is 0.757. The fourth-order valence-corrected chi connectivity index (χ4v) is 12.8. The zero-order chi connectivity index (χ0) is 31.6. The Balaban J connectivity index is 5.66. The molecule has 0 aromatic rings. The maximum absolute atomic E-state index is 2.40. The van der Waals surface area contributed by atoms with Crippen LogP contribution in [0.25, 0.3) is 0 Å². The van der Waals surface area contributed by atoms with Crippen LogP contribution in [0.1, 0.15) is 234 Å². The summed E-state index contributed by atoms with van der Waals surface area (Å²) in [4.78, 5) is 0. The molecular weight excluding hydrogens is 531 g/mol. The third kappa shape index (κ3) is 29.7. The highest BCUT2D eigenvalue weighted by Gasteiger charge is 2.28. The van der Waals surface area contributed by atoms with Gasteiger partial charge in [-0.2, -0.15) is 0 Å². The summed E-state index contributed by atoms with van der Waals surface area (Å²) in [5.74, 6) is 3.18. The molecule has 0 nitrogen and oxygen atoms in total. The van der Waals surface area contributed by atoms with Gasteiger partial charge in [-0.1, -0.05) is 268 Å². The zero-order valence-electron chi connectivity index (χ0n) is 31.6. The standard InChI is InChI=1S/3C14H29.Al/c3*1-4-6-8-9-11-13-14(3)12-10-7-5-2;/h3*14H,3-13H2,1-2H3;. The van der Waals surface area contributed by atoms with Gasteiger partial charge in [0.1, 0.15) is 0 Å². The topological polar surface area (TPSA) is 0 Å². The van der Waals surface area contributed by atoms with Crippen molar-refractivity contribution in [1.29, 1.82) is 0 Å². The number of rotatable bonds is 36. The molecule has 0 spiro atoms. The van der Waals surface area contributed by atoms with E-state index >= 15 is 0 Å². The lowest BCUT2D eigenvalue weighted by atomic mass is 9.95. The Labute approximate surface area is 280 Å². The van der Waals surface area contributed by atoms with Crippen LogP contribution in [0.3, 0.4) is 0 Å². The quantitative estimate of drug-likeness (QED) is 0.0484. The summed E-state index contributed by atoms with van der Waals surface area (Å²) >= 11 is -0.757. The second-order valence-corrected chi connectivity index (χ2v) is 18.4. The molecular formula is C42H87Al. The highest BCUT2D eigenvalue weighted by molar-refractivity contribution is 6.59. The van der Waals surface area contributed by atoms with Gasteiger partial charge >= 0.3 is 0 Å². The smallest absolute Gasteiger partial charge is 0.0910 e. The SMILES string of the molecule is CCCCCCCC(CCCCC)[CH2][Al]([CH2]C(CCCCC)CCCCCCC)[CH2]C(CCCCC)CCCCCCC. The van der Waals surface area contributed by atoms with E-state index in [1.807, 2.05) is 0 Å². The molecule has 0 fully saturated rings. The van der Waals surface area contributed by atoms with Crippen LogP contribution >= 0.6 is 0 Å². The van der Waals surface area contributed by atoms with E-state index in [0.29, 0.717) is 0 Å². The van der Waals surface area contributed by atoms with Gasteiger partial charge in [0.25, 0.3) is 14.1 Å². The van der Waals surface area contributed by atoms with Crippen LogP contribution in [0.2, 0.25) is 15.8 Å². The molecule has 258 valence electrons. The Morgan fingerprint density at radius 3 is 0.674 bits per heavy atom. The molecule has 0 N–H and O–H groups in total. The average Bonchev–Trinajstić information content (AvgIpc) is 3.00. The minimum Gasteiger partial charge on any atom is -0.0910 e. The van der Waals surface area contributed by atoms with Gasteiger partial charge < -0.3 is 0 Å². The van der Waals surface area contributed by atoms with Crippen molar-refractivity contribution in [2.75, 3.05) is 0 Å². The predicted molar refractivity (Wildman–Crippen MR) is 203 cm³/mol. The fourth-order valence-electron chi connectivity index (χ4n) is 8.00. The lowest BCUT2D eigenvalue weighted by Gasteiger charge is -2.28. The van der Waals surface area contributed by atoms with Gasteiger partial charge in [0.05, 0.1) is 0 Å². The molecule has 3 atom stereocenters. The molecule has 0 bridgehead atoms. The predicted octanol–water partition coefficient (Wildman–Crippen LogP) is 16.2. The van der Waals surface area contributed by atoms with Gasteiger partial charge in [-0.15, -0.1) is 0 Å². The van der Waals surface area contributed by atoms with Crippen LogP contribution < -0.4 is 0 Å². The molecule has 0 aliphatic rings. The van der Waals surface area contributed by atoms with Crippen LogP contribution in [0.4, 0.5) is 0 Å². The van der Waals surface area contributed by atoms with E-state index in [0.717, 1.165) is 17.8 Å². The maximum atomic E-state index is 2.40. The molecule has 0 amide bonds. The van der Waals surface area contributed by atoms with E-state index in [4.69, 9.17) is 0 Å². The molecule has 0 aliphatic carbocycles. The van der Waals surface area contributed by atoms with Crippen LogP contribution in [0.15, 0.2) is 0 Å². The average molecular weight is 619 g/mol. The minimum atomic E-state index is -0.757. The summed E-state index contributed by atoms with van der Waals surface area (Å²) in [5, 5.41) is 5.12. The van der Waals surface area contributed by atoms with E-state index < -0.39 is 14.1 Å². The molecule has 0 aromatic heterocycles. The first-order chi connectivity index (χ1) is 21.1. The van der Waals surface area contributed by atoms with Crippen molar-refractivity contribution in [3.8, 4) is 0 Å². The van der Waals surface area contributed by atoms with Crippen molar-refractivity contribution in [3.63, 3.8) is 0 Å². The molecule has 0 rings (SSSR count). The highest BCUT2D eigenvalue weighted by Crippen LogP contribution is 2.34. The van der Waals surface area contributed by atoms with E-state index in [-0.39, 0.29) is 0 Å². The van der Waals surface area contributed by atoms with E-state index in [2.05, 4.69) is 41.5 Å². The Kier molecular flexibility index (Phi) is 35.8. The first-order valence-electron chi connectivity index (χ1n) is 21.1. The monoisotopic (exact) mass is 619 g/mol. The molecule has 3 unspecified atom stereocenters. The molecule has 0 saturated carbocycles. The van der Waals surface area contributed by atoms with Crippen molar-refractivity contribution in [1.82, 2.24) is 0 Å². The molecule has 0 saturated heterocycles. The maximum Gasteiger partial charge on any atom is 0.262 e. The number of unbranched alkanes of at least 4 members (excludes halogenated alkanes) is 18. The Morgan fingerprint density at radius 2 is 0.442 bits per heavy atom. The summed E-state index contributed by atoms with van der Waals surface area (Å²) in [7, 11) is 0. The van der Waals surface area contributed by atoms with Crippen molar-refractivity contribution >= 4 is 14.1 Å². The molecule has 0 aromatic carbocycles. The van der Waals surface area contributed by atoms with Crippen LogP contribution in [-0.4, -0.2) is 14.1 Å². The third-order valence-corrected chi connectivity index (χ3v) is 14.8. The molecule has 0 heterocycles. The van der Waals surface area contributed by atoms with Crippen molar-refractivity contribution in [2.45, 2.75) is 250 Å². The summed E-state index contributed by atoms with van der Waals surface area (Å²) in [6, 6.07) is 0. The third-order valence-electron chi connectivity index (χ3n) is 10.8. The van der Waals surface area contributed by atoms with Gasteiger partial charge in [-0.25, -0.2) is 0 Å². The second kappa shape index (κ2) is 35.4. The molecule has 0 aliphatic heterocycles. The highest BCUT2D eigenvalue weighted by atomic mass is 27.2. The van der Waals surface area contributed by atoms with Crippen LogP contribution in [0, 0.1) is 17.8 Å². The first kappa shape index (κ1) is 43.5. The lowest BCUT2D eigenvalue weighted by Crippen LogP contribution is -2.25. The Bertz CT molecular complexity index is 430. The molecule has 43 heavy (non-hydrogen) atoms. The number of hydrogen-bond acceptors (Lipinski definition) is 0. The van der Waals surface area contributed by atoms with Crippen molar-refractivity contribution < 1.29 is 0 Å². The normalized spacial score (nSPS) is 13.8. The van der Waals surface area contributed by atoms with Crippen molar-refractivity contribution in [3.05, 3.63) is 0 Å². The van der Waals surface area contributed by atoms with E-state index in [1.54, 1.807) is 54.4 Å². The largest absolute Gasteiger partial charge is 0.262 e.